The molecule has 0 spiro atoms. The van der Waals surface area contributed by atoms with Crippen molar-refractivity contribution < 1.29 is 14.3 Å². The monoisotopic (exact) mass is 353 g/mol. The number of likely N-dealkylation sites (tertiary alicyclic amines) is 1. The number of amidine groups is 1. The molecule has 5 N–H and O–H groups in total. The van der Waals surface area contributed by atoms with Crippen molar-refractivity contribution in [1.82, 2.24) is 10.2 Å². The molecule has 8 heteroatoms. The van der Waals surface area contributed by atoms with Gasteiger partial charge in [-0.2, -0.15) is 0 Å². The Morgan fingerprint density at radius 2 is 2.08 bits per heavy atom. The quantitative estimate of drug-likeness (QED) is 0.373. The van der Waals surface area contributed by atoms with Crippen LogP contribution in [0.3, 0.4) is 0 Å². The van der Waals surface area contributed by atoms with Crippen molar-refractivity contribution in [3.8, 4) is 0 Å². The first kappa shape index (κ1) is 21.0. The molecule has 2 unspecified atom stereocenters. The van der Waals surface area contributed by atoms with E-state index in [1.54, 1.807) is 17.9 Å². The number of nitrogens with two attached hydrogens (primary N) is 2. The summed E-state index contributed by atoms with van der Waals surface area (Å²) < 4.78 is 4.62. The van der Waals surface area contributed by atoms with Crippen LogP contribution in [-0.4, -0.2) is 54.1 Å². The minimum atomic E-state index is -0.919. The zero-order chi connectivity index (χ0) is 19.2. The number of hydrogen-bond acceptors (Lipinski definition) is 5. The fraction of sp³-hybridized carbons (Fsp3) is 0.706. The molecule has 3 atom stereocenters. The van der Waals surface area contributed by atoms with Crippen LogP contribution in [0.25, 0.3) is 0 Å². The summed E-state index contributed by atoms with van der Waals surface area (Å²) in [5.41, 5.74) is 11.3. The van der Waals surface area contributed by atoms with Crippen molar-refractivity contribution in [1.29, 1.82) is 0 Å². The third kappa shape index (κ3) is 5.74. The van der Waals surface area contributed by atoms with Crippen LogP contribution >= 0.6 is 0 Å². The average Bonchev–Trinajstić information content (AvgIpc) is 3.00. The lowest BCUT2D eigenvalue weighted by Gasteiger charge is -2.31. The van der Waals surface area contributed by atoms with E-state index in [-0.39, 0.29) is 17.9 Å². The summed E-state index contributed by atoms with van der Waals surface area (Å²) in [6.45, 7) is 7.90. The van der Waals surface area contributed by atoms with Gasteiger partial charge < -0.3 is 26.4 Å². The third-order valence-electron chi connectivity index (χ3n) is 4.14. The summed E-state index contributed by atoms with van der Waals surface area (Å²) in [6, 6.07) is -0.998. The lowest BCUT2D eigenvalue weighted by atomic mass is 10.0. The van der Waals surface area contributed by atoms with Gasteiger partial charge in [-0.1, -0.05) is 19.9 Å². The number of rotatable bonds is 6. The molecule has 0 aromatic rings. The lowest BCUT2D eigenvalue weighted by Crippen LogP contribution is -2.55. The van der Waals surface area contributed by atoms with Crippen LogP contribution in [0.1, 0.15) is 40.5 Å². The SMILES string of the molecule is C/C=C\C(C)(N)N=C(N)C1CCCN1C(=O)[C@@H](NC(=O)OC)C(C)C. The topological polar surface area (TPSA) is 123 Å². The second-order valence-corrected chi connectivity index (χ2v) is 6.81. The van der Waals surface area contributed by atoms with Gasteiger partial charge in [-0.3, -0.25) is 4.79 Å². The second kappa shape index (κ2) is 8.84. The zero-order valence-corrected chi connectivity index (χ0v) is 15.8. The van der Waals surface area contributed by atoms with E-state index in [9.17, 15) is 9.59 Å². The number of carbonyl (C=O) groups excluding carboxylic acids is 2. The van der Waals surface area contributed by atoms with Crippen molar-refractivity contribution in [2.75, 3.05) is 13.7 Å². The first-order valence-corrected chi connectivity index (χ1v) is 8.55. The molecule has 1 aliphatic rings. The van der Waals surface area contributed by atoms with Gasteiger partial charge in [0.1, 0.15) is 17.5 Å². The maximum Gasteiger partial charge on any atom is 0.407 e. The van der Waals surface area contributed by atoms with Crippen molar-refractivity contribution in [2.24, 2.45) is 22.4 Å². The molecule has 1 rings (SSSR count). The maximum absolute atomic E-state index is 12.9. The molecule has 142 valence electrons. The van der Waals surface area contributed by atoms with Crippen LogP contribution in [-0.2, 0) is 9.53 Å². The standard InChI is InChI=1S/C17H31N5O3/c1-6-9-17(4,19)21-14(18)12-8-7-10-22(12)15(23)13(11(2)3)20-16(24)25-5/h6,9,11-13H,7-8,10,19H2,1-5H3,(H2,18,21)(H,20,24)/b9-6-/t12?,13-,17?/m0/s1. The van der Waals surface area contributed by atoms with E-state index >= 15 is 0 Å². The number of carbonyl (C=O) groups is 2. The Bertz CT molecular complexity index is 542. The molecule has 1 aliphatic heterocycles. The number of amides is 2. The predicted molar refractivity (Wildman–Crippen MR) is 97.9 cm³/mol. The Balaban J connectivity index is 3.00. The van der Waals surface area contributed by atoms with Crippen molar-refractivity contribution in [3.63, 3.8) is 0 Å². The first-order chi connectivity index (χ1) is 11.6. The number of hydrogen-bond donors (Lipinski definition) is 3. The van der Waals surface area contributed by atoms with Gasteiger partial charge in [-0.05, 0) is 38.7 Å². The highest BCUT2D eigenvalue weighted by molar-refractivity contribution is 5.93. The van der Waals surface area contributed by atoms with E-state index in [0.717, 1.165) is 12.8 Å². The van der Waals surface area contributed by atoms with E-state index in [1.165, 1.54) is 7.11 Å². The molecule has 1 saturated heterocycles. The van der Waals surface area contributed by atoms with E-state index in [1.807, 2.05) is 26.8 Å². The summed E-state index contributed by atoms with van der Waals surface area (Å²) in [5, 5.41) is 2.60. The number of nitrogens with one attached hydrogen (secondary N) is 1. The van der Waals surface area contributed by atoms with E-state index < -0.39 is 17.8 Å². The van der Waals surface area contributed by atoms with Gasteiger partial charge in [-0.15, -0.1) is 0 Å². The maximum atomic E-state index is 12.9. The van der Waals surface area contributed by atoms with Gasteiger partial charge in [-0.25, -0.2) is 9.79 Å². The normalized spacial score (nSPS) is 22.1. The number of methoxy groups -OCH3 is 1. The molecular formula is C17H31N5O3. The average molecular weight is 353 g/mol. The summed E-state index contributed by atoms with van der Waals surface area (Å²) >= 11 is 0. The van der Waals surface area contributed by atoms with Gasteiger partial charge in [0, 0.05) is 6.54 Å². The highest BCUT2D eigenvalue weighted by Gasteiger charge is 2.37. The van der Waals surface area contributed by atoms with E-state index in [4.69, 9.17) is 11.5 Å². The molecule has 1 fully saturated rings. The number of ether oxygens (including phenoxy) is 1. The number of aliphatic imine (C=N–C) groups is 1. The van der Waals surface area contributed by atoms with E-state index in [0.29, 0.717) is 12.4 Å². The minimum absolute atomic E-state index is 0.0891. The minimum Gasteiger partial charge on any atom is -0.453 e. The van der Waals surface area contributed by atoms with Crippen LogP contribution in [0.4, 0.5) is 4.79 Å². The Hall–Kier alpha value is -2.09. The summed E-state index contributed by atoms with van der Waals surface area (Å²) in [7, 11) is 1.27. The largest absolute Gasteiger partial charge is 0.453 e. The van der Waals surface area contributed by atoms with Crippen molar-refractivity contribution in [2.45, 2.75) is 58.3 Å². The van der Waals surface area contributed by atoms with Gasteiger partial charge in [0.05, 0.1) is 13.2 Å². The fourth-order valence-corrected chi connectivity index (χ4v) is 2.94. The van der Waals surface area contributed by atoms with Crippen LogP contribution in [0.5, 0.6) is 0 Å². The number of alkyl carbamates (subject to hydrolysis) is 1. The van der Waals surface area contributed by atoms with Crippen LogP contribution in [0.2, 0.25) is 0 Å². The van der Waals surface area contributed by atoms with Crippen molar-refractivity contribution in [3.05, 3.63) is 12.2 Å². The fourth-order valence-electron chi connectivity index (χ4n) is 2.94. The smallest absolute Gasteiger partial charge is 0.407 e. The molecule has 0 saturated carbocycles. The third-order valence-corrected chi connectivity index (χ3v) is 4.14. The van der Waals surface area contributed by atoms with Crippen LogP contribution < -0.4 is 16.8 Å². The molecule has 25 heavy (non-hydrogen) atoms. The molecule has 0 aliphatic carbocycles. The predicted octanol–water partition coefficient (Wildman–Crippen LogP) is 0.966. The zero-order valence-electron chi connectivity index (χ0n) is 15.8. The Morgan fingerprint density at radius 3 is 2.60 bits per heavy atom. The highest BCUT2D eigenvalue weighted by atomic mass is 16.5. The number of allylic oxidation sites excluding steroid dienone is 1. The van der Waals surface area contributed by atoms with Gasteiger partial charge >= 0.3 is 6.09 Å². The molecule has 0 aromatic heterocycles. The Morgan fingerprint density at radius 1 is 1.44 bits per heavy atom. The van der Waals surface area contributed by atoms with Crippen LogP contribution in [0, 0.1) is 5.92 Å². The van der Waals surface area contributed by atoms with Gasteiger partial charge in [0.15, 0.2) is 0 Å². The summed E-state index contributed by atoms with van der Waals surface area (Å²) in [5.74, 6) is 0.0501. The Kier molecular flexibility index (Phi) is 7.41. The van der Waals surface area contributed by atoms with E-state index in [2.05, 4.69) is 15.0 Å². The van der Waals surface area contributed by atoms with Gasteiger partial charge in [0.25, 0.3) is 0 Å². The molecule has 0 bridgehead atoms. The lowest BCUT2D eigenvalue weighted by molar-refractivity contribution is -0.134. The second-order valence-electron chi connectivity index (χ2n) is 6.81. The van der Waals surface area contributed by atoms with Gasteiger partial charge in [0.2, 0.25) is 5.91 Å². The van der Waals surface area contributed by atoms with Crippen LogP contribution in [0.15, 0.2) is 17.1 Å². The number of nitrogens with zero attached hydrogens (tertiary/aromatic N) is 2. The molecular weight excluding hydrogens is 322 g/mol. The highest BCUT2D eigenvalue weighted by Crippen LogP contribution is 2.21. The molecule has 0 aromatic carbocycles. The molecule has 8 nitrogen and oxygen atoms in total. The molecule has 2 amide bonds. The first-order valence-electron chi connectivity index (χ1n) is 8.55. The molecule has 1 heterocycles. The van der Waals surface area contributed by atoms with Crippen molar-refractivity contribution >= 4 is 17.8 Å². The molecule has 0 radical (unpaired) electrons. The Labute approximate surface area is 149 Å². The summed E-state index contributed by atoms with van der Waals surface area (Å²) in [4.78, 5) is 30.5. The summed E-state index contributed by atoms with van der Waals surface area (Å²) in [6.07, 6.45) is 4.46.